The summed E-state index contributed by atoms with van der Waals surface area (Å²) in [6, 6.07) is 0. The van der Waals surface area contributed by atoms with Crippen LogP contribution in [0.15, 0.2) is 0 Å². The third-order valence-corrected chi connectivity index (χ3v) is 2.84. The second kappa shape index (κ2) is 17.3. The molecule has 0 heterocycles. The van der Waals surface area contributed by atoms with Crippen molar-refractivity contribution in [2.45, 2.75) is 18.3 Å². The minimum Gasteiger partial charge on any atom is -0.147 e. The maximum absolute atomic E-state index is 10.5. The molecule has 6 heteroatoms. The predicted octanol–water partition coefficient (Wildman–Crippen LogP) is 2.55. The Labute approximate surface area is 96.3 Å². The summed E-state index contributed by atoms with van der Waals surface area (Å²) in [5.74, 6) is 0. The largest absolute Gasteiger partial charge is 0.147 e. The summed E-state index contributed by atoms with van der Waals surface area (Å²) in [5.41, 5.74) is 0. The molecule has 0 saturated carbocycles. The minimum absolute atomic E-state index is 0. The number of ether oxygens (including phenoxy) is 1. The fraction of sp³-hybridized carbons (Fsp3) is 0.800. The van der Waals surface area contributed by atoms with Crippen LogP contribution >= 0.6 is 37.2 Å². The fourth-order valence-corrected chi connectivity index (χ4v) is 1.85. The molecule has 0 spiro atoms. The number of carbonyl (C=O) groups is 1. The molecule has 0 aromatic heterocycles. The van der Waals surface area contributed by atoms with Crippen LogP contribution in [0, 0.1) is 0 Å². The number of hydrogen-bond acceptors (Lipinski definition) is 2. The van der Waals surface area contributed by atoms with Crippen molar-refractivity contribution < 1.29 is 9.53 Å². The van der Waals surface area contributed by atoms with Gasteiger partial charge in [0, 0.05) is 0 Å². The van der Waals surface area contributed by atoms with E-state index in [-0.39, 0.29) is 41.2 Å². The molecule has 70 valence electrons. The molecule has 0 aliphatic rings. The summed E-state index contributed by atoms with van der Waals surface area (Å²) in [6.45, 7) is 4.41. The van der Waals surface area contributed by atoms with Gasteiger partial charge in [-0.3, -0.25) is 0 Å². The smallest absolute Gasteiger partial charge is 0.147 e. The van der Waals surface area contributed by atoms with Gasteiger partial charge in [-0.15, -0.1) is 37.2 Å². The van der Waals surface area contributed by atoms with Gasteiger partial charge in [0.05, 0.1) is 0 Å². The Bertz CT molecular complexity index is 74.1. The standard InChI is InChI=1S/C3H5O2.C2H5.3ClH.Sn/c1-2-5-3-4;1-2;;;;/h2H2,1H3;1H2,2H3;3*1H;. The number of carbonyl (C=O) groups excluding carboxylic acids is 1. The van der Waals surface area contributed by atoms with Crippen molar-refractivity contribution >= 4 is 62.3 Å². The Morgan fingerprint density at radius 3 is 2.00 bits per heavy atom. The Morgan fingerprint density at radius 1 is 1.27 bits per heavy atom. The molecule has 0 bridgehead atoms. The van der Waals surface area contributed by atoms with Crippen LogP contribution in [0.4, 0.5) is 4.79 Å². The average Bonchev–Trinajstić information content (AvgIpc) is 1.68. The van der Waals surface area contributed by atoms with Gasteiger partial charge in [0.1, 0.15) is 0 Å². The molecular formula is C5H13Cl3O2Sn. The third kappa shape index (κ3) is 18.3. The van der Waals surface area contributed by atoms with E-state index in [0.717, 1.165) is 4.44 Å². The Morgan fingerprint density at radius 2 is 1.73 bits per heavy atom. The maximum Gasteiger partial charge on any atom is -0.147 e. The van der Waals surface area contributed by atoms with E-state index in [9.17, 15) is 4.79 Å². The predicted molar refractivity (Wildman–Crippen MR) is 55.0 cm³/mol. The van der Waals surface area contributed by atoms with E-state index in [2.05, 4.69) is 0 Å². The first kappa shape index (κ1) is 22.7. The zero-order valence-corrected chi connectivity index (χ0v) is 11.8. The SMILES string of the molecule is CCO[C](=O)[Sn][CH2]C.Cl.Cl.Cl. The molecule has 0 aliphatic heterocycles. The molecule has 2 nitrogen and oxygen atoms in total. The Hall–Kier alpha value is 1.14. The summed E-state index contributed by atoms with van der Waals surface area (Å²) >= 11 is -0.767. The second-order valence-corrected chi connectivity index (χ2v) is 5.44. The van der Waals surface area contributed by atoms with Crippen molar-refractivity contribution in [2.75, 3.05) is 6.61 Å². The second-order valence-electron chi connectivity index (χ2n) is 1.25. The summed E-state index contributed by atoms with van der Waals surface area (Å²) in [7, 11) is 0. The first-order chi connectivity index (χ1) is 3.81. The molecule has 0 aromatic carbocycles. The number of halogens is 3. The maximum atomic E-state index is 10.5. The van der Waals surface area contributed by atoms with Gasteiger partial charge in [-0.1, -0.05) is 0 Å². The zero-order valence-electron chi connectivity index (χ0n) is 6.46. The van der Waals surface area contributed by atoms with Crippen LogP contribution in [0.25, 0.3) is 0 Å². The first-order valence-corrected chi connectivity index (χ1v) is 6.16. The Kier molecular flexibility index (Phi) is 35.7. The quantitative estimate of drug-likeness (QED) is 0.744. The molecule has 0 atom stereocenters. The Balaban J connectivity index is -0.0000000817. The van der Waals surface area contributed by atoms with Crippen LogP contribution in [-0.2, 0) is 4.74 Å². The summed E-state index contributed by atoms with van der Waals surface area (Å²) in [4.78, 5) is 10.5. The third-order valence-electron chi connectivity index (χ3n) is 0.597. The van der Waals surface area contributed by atoms with Gasteiger partial charge < -0.3 is 0 Å². The van der Waals surface area contributed by atoms with E-state index in [4.69, 9.17) is 4.74 Å². The van der Waals surface area contributed by atoms with Gasteiger partial charge >= 0.3 is 59.5 Å². The number of hydrogen-bond donors (Lipinski definition) is 0. The van der Waals surface area contributed by atoms with Crippen molar-refractivity contribution in [3.05, 3.63) is 0 Å². The van der Waals surface area contributed by atoms with E-state index < -0.39 is 21.1 Å². The van der Waals surface area contributed by atoms with E-state index in [1.54, 1.807) is 0 Å². The molecule has 0 N–H and O–H groups in total. The molecule has 0 aromatic rings. The normalized spacial score (nSPS) is 6.36. The average molecular weight is 330 g/mol. The van der Waals surface area contributed by atoms with Crippen LogP contribution in [0.2, 0.25) is 4.44 Å². The van der Waals surface area contributed by atoms with E-state index >= 15 is 0 Å². The monoisotopic (exact) mass is 330 g/mol. The van der Waals surface area contributed by atoms with Crippen molar-refractivity contribution in [3.8, 4) is 0 Å². The van der Waals surface area contributed by atoms with Crippen molar-refractivity contribution in [3.63, 3.8) is 0 Å². The van der Waals surface area contributed by atoms with Gasteiger partial charge in [0.15, 0.2) is 0 Å². The molecule has 11 heavy (non-hydrogen) atoms. The molecule has 0 rings (SSSR count). The van der Waals surface area contributed by atoms with Crippen LogP contribution in [0.3, 0.4) is 0 Å². The molecular weight excluding hydrogens is 317 g/mol. The van der Waals surface area contributed by atoms with Gasteiger partial charge in [-0.2, -0.15) is 0 Å². The molecule has 0 saturated heterocycles. The van der Waals surface area contributed by atoms with Gasteiger partial charge in [0.2, 0.25) is 0 Å². The molecule has 0 amide bonds. The van der Waals surface area contributed by atoms with E-state index in [0.29, 0.717) is 6.61 Å². The minimum atomic E-state index is -0.767. The van der Waals surface area contributed by atoms with Gasteiger partial charge in [-0.05, 0) is 0 Å². The van der Waals surface area contributed by atoms with Gasteiger partial charge in [0.25, 0.3) is 0 Å². The molecule has 0 fully saturated rings. The summed E-state index contributed by atoms with van der Waals surface area (Å²) in [5, 5.41) is 0. The van der Waals surface area contributed by atoms with Crippen LogP contribution < -0.4 is 0 Å². The number of rotatable bonds is 3. The summed E-state index contributed by atoms with van der Waals surface area (Å²) in [6.07, 6.45) is 0. The van der Waals surface area contributed by atoms with Crippen LogP contribution in [0.1, 0.15) is 13.8 Å². The van der Waals surface area contributed by atoms with Crippen LogP contribution in [-0.4, -0.2) is 31.7 Å². The van der Waals surface area contributed by atoms with Crippen molar-refractivity contribution in [1.29, 1.82) is 0 Å². The van der Waals surface area contributed by atoms with E-state index in [1.807, 2.05) is 13.8 Å². The van der Waals surface area contributed by atoms with Gasteiger partial charge in [-0.25, -0.2) is 0 Å². The molecule has 0 aliphatic carbocycles. The van der Waals surface area contributed by atoms with Crippen molar-refractivity contribution in [2.24, 2.45) is 0 Å². The fourth-order valence-electron chi connectivity index (χ4n) is 0.326. The van der Waals surface area contributed by atoms with Crippen LogP contribution in [0.5, 0.6) is 0 Å². The zero-order chi connectivity index (χ0) is 6.41. The molecule has 2 radical (unpaired) electrons. The molecule has 0 unspecified atom stereocenters. The topological polar surface area (TPSA) is 26.3 Å². The first-order valence-electron chi connectivity index (χ1n) is 2.71. The van der Waals surface area contributed by atoms with E-state index in [1.165, 1.54) is 0 Å². The summed E-state index contributed by atoms with van der Waals surface area (Å²) < 4.78 is 5.84. The van der Waals surface area contributed by atoms with Crippen molar-refractivity contribution in [1.82, 2.24) is 0 Å².